The normalized spacial score (nSPS) is 34.3. The highest BCUT2D eigenvalue weighted by atomic mass is 14.4. The molecule has 0 nitrogen and oxygen atoms in total. The molecule has 2 aromatic carbocycles. The molecule has 2 aliphatic rings. The first-order chi connectivity index (χ1) is 12.5. The molecule has 2 saturated carbocycles. The Kier molecular flexibility index (Phi) is 4.95. The first-order valence-electron chi connectivity index (χ1n) is 10.7. The van der Waals surface area contributed by atoms with Crippen LogP contribution in [0.3, 0.4) is 0 Å². The number of hydrogen-bond acceptors (Lipinski definition) is 0. The highest BCUT2D eigenvalue weighted by molar-refractivity contribution is 5.72. The van der Waals surface area contributed by atoms with E-state index in [1.807, 2.05) is 0 Å². The molecule has 4 rings (SSSR count). The molecule has 138 valence electrons. The van der Waals surface area contributed by atoms with Crippen molar-refractivity contribution in [2.24, 2.45) is 23.7 Å². The molecule has 0 aliphatic heterocycles. The van der Waals surface area contributed by atoms with Gasteiger partial charge in [-0.1, -0.05) is 76.2 Å². The van der Waals surface area contributed by atoms with Crippen molar-refractivity contribution >= 4 is 0 Å². The van der Waals surface area contributed by atoms with E-state index in [4.69, 9.17) is 0 Å². The molecule has 4 unspecified atom stereocenters. The zero-order valence-corrected chi connectivity index (χ0v) is 16.9. The maximum absolute atomic E-state index is 2.43. The lowest BCUT2D eigenvalue weighted by atomic mass is 9.83. The van der Waals surface area contributed by atoms with E-state index in [0.717, 1.165) is 35.5 Å². The molecule has 2 aliphatic carbocycles. The summed E-state index contributed by atoms with van der Waals surface area (Å²) in [7, 11) is 0. The van der Waals surface area contributed by atoms with Gasteiger partial charge in [0.25, 0.3) is 0 Å². The first-order valence-corrected chi connectivity index (χ1v) is 10.7. The van der Waals surface area contributed by atoms with Crippen molar-refractivity contribution in [1.29, 1.82) is 0 Å². The Labute approximate surface area is 160 Å². The maximum atomic E-state index is 2.43. The lowest BCUT2D eigenvalue weighted by Gasteiger charge is -2.21. The fraction of sp³-hybridized carbons (Fsp3) is 0.538. The Balaban J connectivity index is 1.73. The third-order valence-corrected chi connectivity index (χ3v) is 7.66. The van der Waals surface area contributed by atoms with E-state index in [1.165, 1.54) is 36.8 Å². The summed E-state index contributed by atoms with van der Waals surface area (Å²) in [5.74, 6) is 4.84. The van der Waals surface area contributed by atoms with Crippen molar-refractivity contribution in [3.05, 3.63) is 59.7 Å². The molecule has 0 N–H and O–H groups in total. The predicted octanol–water partition coefficient (Wildman–Crippen LogP) is 7.65. The molecule has 0 amide bonds. The zero-order chi connectivity index (χ0) is 18.3. The second-order valence-electron chi connectivity index (χ2n) is 9.42. The van der Waals surface area contributed by atoms with Gasteiger partial charge < -0.3 is 0 Å². The van der Waals surface area contributed by atoms with Crippen LogP contribution in [0, 0.1) is 23.7 Å². The van der Waals surface area contributed by atoms with Crippen LogP contribution in [-0.4, -0.2) is 0 Å². The third-order valence-electron chi connectivity index (χ3n) is 7.66. The van der Waals surface area contributed by atoms with E-state index >= 15 is 0 Å². The molecule has 0 heteroatoms. The number of rotatable bonds is 3. The van der Waals surface area contributed by atoms with Gasteiger partial charge in [-0.3, -0.25) is 0 Å². The van der Waals surface area contributed by atoms with Gasteiger partial charge in [-0.15, -0.1) is 0 Å². The fourth-order valence-corrected chi connectivity index (χ4v) is 5.62. The highest BCUT2D eigenvalue weighted by Crippen LogP contribution is 2.48. The fourth-order valence-electron chi connectivity index (χ4n) is 5.62. The second kappa shape index (κ2) is 7.22. The van der Waals surface area contributed by atoms with Crippen molar-refractivity contribution in [3.8, 4) is 11.1 Å². The van der Waals surface area contributed by atoms with Gasteiger partial charge in [0.15, 0.2) is 0 Å². The third kappa shape index (κ3) is 3.24. The Morgan fingerprint density at radius 1 is 0.500 bits per heavy atom. The summed E-state index contributed by atoms with van der Waals surface area (Å²) in [6, 6.07) is 18.5. The molecular weight excluding hydrogens is 312 g/mol. The van der Waals surface area contributed by atoms with E-state index in [0.29, 0.717) is 0 Å². The van der Waals surface area contributed by atoms with Gasteiger partial charge in [0.05, 0.1) is 0 Å². The topological polar surface area (TPSA) is 0 Å². The van der Waals surface area contributed by atoms with Crippen molar-refractivity contribution in [2.45, 2.75) is 65.2 Å². The summed E-state index contributed by atoms with van der Waals surface area (Å²) < 4.78 is 0. The van der Waals surface area contributed by atoms with E-state index < -0.39 is 0 Å². The van der Waals surface area contributed by atoms with Crippen molar-refractivity contribution < 1.29 is 0 Å². The average Bonchev–Trinajstić information content (AvgIpc) is 3.17. The van der Waals surface area contributed by atoms with Crippen LogP contribution in [0.5, 0.6) is 0 Å². The van der Waals surface area contributed by atoms with Crippen LogP contribution >= 0.6 is 0 Å². The van der Waals surface area contributed by atoms with Crippen LogP contribution in [0.25, 0.3) is 11.1 Å². The minimum atomic E-state index is 0.727. The van der Waals surface area contributed by atoms with Gasteiger partial charge in [0.2, 0.25) is 0 Å². The van der Waals surface area contributed by atoms with Crippen LogP contribution in [0.1, 0.15) is 76.3 Å². The molecule has 4 atom stereocenters. The molecule has 2 aromatic rings. The van der Waals surface area contributed by atoms with Crippen molar-refractivity contribution in [1.82, 2.24) is 0 Å². The van der Waals surface area contributed by atoms with E-state index in [-0.39, 0.29) is 0 Å². The molecule has 26 heavy (non-hydrogen) atoms. The summed E-state index contributed by atoms with van der Waals surface area (Å²) in [6.07, 6.45) is 5.38. The van der Waals surface area contributed by atoms with E-state index in [9.17, 15) is 0 Å². The van der Waals surface area contributed by atoms with Crippen LogP contribution in [0.4, 0.5) is 0 Å². The molecule has 0 saturated heterocycles. The van der Waals surface area contributed by atoms with Crippen molar-refractivity contribution in [3.63, 3.8) is 0 Å². The molecule has 0 spiro atoms. The SMILES string of the molecule is CC1CC(c2ccccc2-c2ccccc2C2CC(C)C(C)C2)CC1C. The van der Waals surface area contributed by atoms with Gasteiger partial charge >= 0.3 is 0 Å². The zero-order valence-electron chi connectivity index (χ0n) is 16.9. The summed E-state index contributed by atoms with van der Waals surface area (Å²) in [4.78, 5) is 0. The quantitative estimate of drug-likeness (QED) is 0.535. The van der Waals surface area contributed by atoms with Crippen LogP contribution in [0.2, 0.25) is 0 Å². The predicted molar refractivity (Wildman–Crippen MR) is 112 cm³/mol. The minimum absolute atomic E-state index is 0.727. The van der Waals surface area contributed by atoms with Gasteiger partial charge in [0, 0.05) is 0 Å². The Morgan fingerprint density at radius 2 is 0.808 bits per heavy atom. The van der Waals surface area contributed by atoms with Gasteiger partial charge in [-0.2, -0.15) is 0 Å². The Bertz CT molecular complexity index is 673. The summed E-state index contributed by atoms with van der Waals surface area (Å²) in [5.41, 5.74) is 6.19. The van der Waals surface area contributed by atoms with E-state index in [2.05, 4.69) is 76.2 Å². The Hall–Kier alpha value is -1.56. The maximum Gasteiger partial charge on any atom is -0.0146 e. The highest BCUT2D eigenvalue weighted by Gasteiger charge is 2.33. The molecule has 2 fully saturated rings. The summed E-state index contributed by atoms with van der Waals surface area (Å²) in [6.45, 7) is 9.73. The van der Waals surface area contributed by atoms with Crippen LogP contribution < -0.4 is 0 Å². The summed E-state index contributed by atoms with van der Waals surface area (Å²) >= 11 is 0. The lowest BCUT2D eigenvalue weighted by Crippen LogP contribution is -2.01. The van der Waals surface area contributed by atoms with Gasteiger partial charge in [-0.25, -0.2) is 0 Å². The summed E-state index contributed by atoms with van der Waals surface area (Å²) in [5, 5.41) is 0. The molecule has 0 bridgehead atoms. The van der Waals surface area contributed by atoms with Crippen LogP contribution in [0.15, 0.2) is 48.5 Å². The second-order valence-corrected chi connectivity index (χ2v) is 9.42. The minimum Gasteiger partial charge on any atom is -0.0622 e. The number of benzene rings is 2. The molecule has 0 heterocycles. The molecular formula is C26H34. The molecule has 0 radical (unpaired) electrons. The number of hydrogen-bond donors (Lipinski definition) is 0. The van der Waals surface area contributed by atoms with E-state index in [1.54, 1.807) is 11.1 Å². The lowest BCUT2D eigenvalue weighted by molar-refractivity contribution is 0.457. The largest absolute Gasteiger partial charge is 0.0622 e. The Morgan fingerprint density at radius 3 is 1.15 bits per heavy atom. The monoisotopic (exact) mass is 346 g/mol. The smallest absolute Gasteiger partial charge is 0.0146 e. The van der Waals surface area contributed by atoms with Gasteiger partial charge in [-0.05, 0) is 83.4 Å². The van der Waals surface area contributed by atoms with Crippen LogP contribution in [-0.2, 0) is 0 Å². The standard InChI is InChI=1S/C26H34/c1-17-13-21(14-18(17)2)23-9-5-7-11-25(23)26-12-8-6-10-24(26)22-15-19(3)20(4)16-22/h5-12,17-22H,13-16H2,1-4H3. The van der Waals surface area contributed by atoms with Crippen molar-refractivity contribution in [2.75, 3.05) is 0 Å². The van der Waals surface area contributed by atoms with Gasteiger partial charge in [0.1, 0.15) is 0 Å². The average molecular weight is 347 g/mol. The molecule has 0 aromatic heterocycles. The first kappa shape index (κ1) is 17.8.